The topological polar surface area (TPSA) is 31.2 Å². The Bertz CT molecular complexity index is 908. The van der Waals surface area contributed by atoms with Crippen LogP contribution in [0.15, 0.2) is 36.4 Å². The van der Waals surface area contributed by atoms with E-state index in [1.165, 1.54) is 12.1 Å². The maximum Gasteiger partial charge on any atom is 0.265 e. The van der Waals surface area contributed by atoms with Crippen LogP contribution in [0.4, 0.5) is 0 Å². The summed E-state index contributed by atoms with van der Waals surface area (Å²) in [5.74, 6) is 0.430. The van der Waals surface area contributed by atoms with Crippen LogP contribution in [0.3, 0.4) is 0 Å². The molecule has 0 radical (unpaired) electrons. The summed E-state index contributed by atoms with van der Waals surface area (Å²) in [5.41, 5.74) is 1.77. The molecule has 0 amide bonds. The number of nitrogens with zero attached hydrogens (tertiary/aromatic N) is 1. The van der Waals surface area contributed by atoms with Gasteiger partial charge in [-0.1, -0.05) is 34.8 Å². The van der Waals surface area contributed by atoms with Gasteiger partial charge in [0.05, 0.1) is 28.2 Å². The summed E-state index contributed by atoms with van der Waals surface area (Å²) < 4.78 is 6.80. The van der Waals surface area contributed by atoms with Crippen molar-refractivity contribution in [3.8, 4) is 5.75 Å². The van der Waals surface area contributed by atoms with Crippen molar-refractivity contribution in [2.24, 2.45) is 0 Å². The first-order chi connectivity index (χ1) is 10.9. The van der Waals surface area contributed by atoms with Crippen LogP contribution in [-0.4, -0.2) is 17.6 Å². The van der Waals surface area contributed by atoms with Gasteiger partial charge < -0.3 is 4.74 Å². The molecule has 0 aliphatic heterocycles. The molecule has 1 aromatic heterocycles. The molecule has 1 heterocycles. The number of benzene rings is 2. The quantitative estimate of drug-likeness (QED) is 0.589. The molecule has 3 nitrogen and oxygen atoms in total. The Morgan fingerprint density at radius 2 is 1.70 bits per heavy atom. The van der Waals surface area contributed by atoms with Gasteiger partial charge in [0, 0.05) is 16.1 Å². The number of rotatable bonds is 2. The van der Waals surface area contributed by atoms with Crippen LogP contribution < -0.4 is 4.74 Å². The average molecular weight is 369 g/mol. The van der Waals surface area contributed by atoms with Gasteiger partial charge in [-0.15, -0.1) is 0 Å². The van der Waals surface area contributed by atoms with Crippen molar-refractivity contribution in [2.75, 3.05) is 7.11 Å². The highest BCUT2D eigenvalue weighted by Crippen LogP contribution is 2.32. The van der Waals surface area contributed by atoms with Crippen LogP contribution in [0.2, 0.25) is 15.1 Å². The highest BCUT2D eigenvalue weighted by atomic mass is 35.5. The number of carbonyl (C=O) groups is 1. The third-order valence-electron chi connectivity index (χ3n) is 3.62. The maximum absolute atomic E-state index is 13.0. The second-order valence-electron chi connectivity index (χ2n) is 5.10. The third-order valence-corrected chi connectivity index (χ3v) is 4.43. The first-order valence-corrected chi connectivity index (χ1v) is 7.91. The lowest BCUT2D eigenvalue weighted by Gasteiger charge is -2.11. The molecule has 3 aromatic rings. The van der Waals surface area contributed by atoms with Gasteiger partial charge in [0.1, 0.15) is 5.75 Å². The Labute approximate surface area is 148 Å². The zero-order valence-corrected chi connectivity index (χ0v) is 14.6. The minimum atomic E-state index is -0.297. The minimum absolute atomic E-state index is 0.224. The number of halogens is 3. The number of hydrogen-bond acceptors (Lipinski definition) is 2. The lowest BCUT2D eigenvalue weighted by molar-refractivity contribution is 0.0963. The summed E-state index contributed by atoms with van der Waals surface area (Å²) in [7, 11) is 1.60. The van der Waals surface area contributed by atoms with E-state index >= 15 is 0 Å². The highest BCUT2D eigenvalue weighted by Gasteiger charge is 2.21. The molecule has 118 valence electrons. The second kappa shape index (κ2) is 6.08. The monoisotopic (exact) mass is 367 g/mol. The summed E-state index contributed by atoms with van der Waals surface area (Å²) in [5, 5.41) is 1.73. The number of aryl methyl sites for hydroxylation is 1. The fraction of sp³-hybridized carbons (Fsp3) is 0.118. The van der Waals surface area contributed by atoms with E-state index in [0.29, 0.717) is 5.02 Å². The number of hydrogen-bond donors (Lipinski definition) is 0. The zero-order chi connectivity index (χ0) is 16.7. The van der Waals surface area contributed by atoms with E-state index in [2.05, 4.69) is 0 Å². The van der Waals surface area contributed by atoms with Gasteiger partial charge in [-0.05, 0) is 43.3 Å². The van der Waals surface area contributed by atoms with Crippen LogP contribution in [0, 0.1) is 6.92 Å². The van der Waals surface area contributed by atoms with Crippen molar-refractivity contribution in [2.45, 2.75) is 6.92 Å². The molecule has 0 N–H and O–H groups in total. The van der Waals surface area contributed by atoms with E-state index in [-0.39, 0.29) is 21.5 Å². The third kappa shape index (κ3) is 2.80. The standard InChI is InChI=1S/C17H12Cl3NO2/c1-9-5-10-6-12(23-2)3-4-15(10)21(9)17(22)16-13(19)7-11(18)8-14(16)20/h3-8H,1-2H3. The lowest BCUT2D eigenvalue weighted by Crippen LogP contribution is -2.14. The Kier molecular flexibility index (Phi) is 4.28. The van der Waals surface area contributed by atoms with Gasteiger partial charge in [0.25, 0.3) is 5.91 Å². The molecule has 0 aliphatic carbocycles. The molecule has 0 atom stereocenters. The zero-order valence-electron chi connectivity index (χ0n) is 12.4. The van der Waals surface area contributed by atoms with Gasteiger partial charge in [0.15, 0.2) is 0 Å². The summed E-state index contributed by atoms with van der Waals surface area (Å²) >= 11 is 18.3. The minimum Gasteiger partial charge on any atom is -0.497 e. The molecule has 0 saturated carbocycles. The predicted octanol–water partition coefficient (Wildman–Crippen LogP) is 5.61. The number of carbonyl (C=O) groups excluding carboxylic acids is 1. The summed E-state index contributed by atoms with van der Waals surface area (Å²) in [6, 6.07) is 10.4. The summed E-state index contributed by atoms with van der Waals surface area (Å²) in [4.78, 5) is 13.0. The fourth-order valence-electron chi connectivity index (χ4n) is 2.59. The van der Waals surface area contributed by atoms with Crippen LogP contribution in [0.1, 0.15) is 16.1 Å². The molecule has 23 heavy (non-hydrogen) atoms. The second-order valence-corrected chi connectivity index (χ2v) is 6.35. The Morgan fingerprint density at radius 1 is 1.04 bits per heavy atom. The molecule has 0 aliphatic rings. The smallest absolute Gasteiger partial charge is 0.265 e. The van der Waals surface area contributed by atoms with Crippen molar-refractivity contribution in [3.05, 3.63) is 62.7 Å². The summed E-state index contributed by atoms with van der Waals surface area (Å²) in [6.07, 6.45) is 0. The van der Waals surface area contributed by atoms with Crippen LogP contribution in [0.5, 0.6) is 5.75 Å². The van der Waals surface area contributed by atoms with E-state index in [1.54, 1.807) is 17.7 Å². The van der Waals surface area contributed by atoms with E-state index in [1.807, 2.05) is 25.1 Å². The molecule has 0 unspecified atom stereocenters. The van der Waals surface area contributed by atoms with Gasteiger partial charge in [-0.3, -0.25) is 9.36 Å². The maximum atomic E-state index is 13.0. The molecule has 0 spiro atoms. The van der Waals surface area contributed by atoms with Crippen molar-refractivity contribution in [1.29, 1.82) is 0 Å². The normalized spacial score (nSPS) is 11.0. The van der Waals surface area contributed by atoms with Crippen molar-refractivity contribution < 1.29 is 9.53 Å². The average Bonchev–Trinajstić information content (AvgIpc) is 2.80. The van der Waals surface area contributed by atoms with E-state index in [4.69, 9.17) is 39.5 Å². The molecule has 0 bridgehead atoms. The fourth-order valence-corrected chi connectivity index (χ4v) is 3.56. The largest absolute Gasteiger partial charge is 0.497 e. The Morgan fingerprint density at radius 3 is 2.30 bits per heavy atom. The highest BCUT2D eigenvalue weighted by molar-refractivity contribution is 6.42. The van der Waals surface area contributed by atoms with E-state index < -0.39 is 0 Å². The number of ether oxygens (including phenoxy) is 1. The van der Waals surface area contributed by atoms with Crippen LogP contribution in [-0.2, 0) is 0 Å². The van der Waals surface area contributed by atoms with Crippen molar-refractivity contribution >= 4 is 51.6 Å². The van der Waals surface area contributed by atoms with Crippen molar-refractivity contribution in [3.63, 3.8) is 0 Å². The molecule has 3 rings (SSSR count). The number of aromatic nitrogens is 1. The SMILES string of the molecule is COc1ccc2c(c1)cc(C)n2C(=O)c1c(Cl)cc(Cl)cc1Cl. The molecular formula is C17H12Cl3NO2. The summed E-state index contributed by atoms with van der Waals surface area (Å²) in [6.45, 7) is 1.85. The number of fused-ring (bicyclic) bond motifs is 1. The van der Waals surface area contributed by atoms with Crippen LogP contribution in [0.25, 0.3) is 10.9 Å². The van der Waals surface area contributed by atoms with Gasteiger partial charge >= 0.3 is 0 Å². The van der Waals surface area contributed by atoms with E-state index in [0.717, 1.165) is 22.3 Å². The van der Waals surface area contributed by atoms with Gasteiger partial charge in [0.2, 0.25) is 0 Å². The first-order valence-electron chi connectivity index (χ1n) is 6.77. The lowest BCUT2D eigenvalue weighted by atomic mass is 10.2. The van der Waals surface area contributed by atoms with Gasteiger partial charge in [-0.25, -0.2) is 0 Å². The molecule has 0 saturated heterocycles. The van der Waals surface area contributed by atoms with Gasteiger partial charge in [-0.2, -0.15) is 0 Å². The van der Waals surface area contributed by atoms with Crippen LogP contribution >= 0.6 is 34.8 Å². The number of methoxy groups -OCH3 is 1. The Hall–Kier alpha value is -1.68. The molecule has 0 fully saturated rings. The molecule has 6 heteroatoms. The molecular weight excluding hydrogens is 357 g/mol. The van der Waals surface area contributed by atoms with Crippen molar-refractivity contribution in [1.82, 2.24) is 4.57 Å². The predicted molar refractivity (Wildman–Crippen MR) is 94.4 cm³/mol. The Balaban J connectivity index is 2.21. The first kappa shape index (κ1) is 16.2. The molecule has 2 aromatic carbocycles. The van der Waals surface area contributed by atoms with E-state index in [9.17, 15) is 4.79 Å².